The summed E-state index contributed by atoms with van der Waals surface area (Å²) in [5.41, 5.74) is 1.99. The van der Waals surface area contributed by atoms with Crippen molar-refractivity contribution in [2.75, 3.05) is 14.1 Å². The zero-order chi connectivity index (χ0) is 19.8. The Kier molecular flexibility index (Phi) is 4.69. The van der Waals surface area contributed by atoms with Crippen LogP contribution in [-0.4, -0.2) is 35.8 Å². The Morgan fingerprint density at radius 2 is 1.74 bits per heavy atom. The van der Waals surface area contributed by atoms with Crippen molar-refractivity contribution in [3.8, 4) is 16.9 Å². The van der Waals surface area contributed by atoms with Gasteiger partial charge in [0.15, 0.2) is 5.58 Å². The Morgan fingerprint density at radius 1 is 1.11 bits per heavy atom. The van der Waals surface area contributed by atoms with Crippen molar-refractivity contribution in [1.29, 1.82) is 0 Å². The Labute approximate surface area is 151 Å². The molecule has 0 bridgehead atoms. The van der Waals surface area contributed by atoms with Gasteiger partial charge in [-0.2, -0.15) is 0 Å². The van der Waals surface area contributed by atoms with Crippen molar-refractivity contribution < 1.29 is 27.1 Å². The monoisotopic (exact) mass is 380 g/mol. The van der Waals surface area contributed by atoms with Crippen LogP contribution < -0.4 is 10.5 Å². The van der Waals surface area contributed by atoms with Gasteiger partial charge in [-0.1, -0.05) is 18.2 Å². The van der Waals surface area contributed by atoms with E-state index < -0.39 is 12.1 Å². The summed E-state index contributed by atoms with van der Waals surface area (Å²) in [7, 11) is 3.15. The van der Waals surface area contributed by atoms with E-state index in [0.717, 1.165) is 0 Å². The van der Waals surface area contributed by atoms with Crippen LogP contribution in [0.25, 0.3) is 22.2 Å². The molecule has 1 aromatic heterocycles. The smallest absolute Gasteiger partial charge is 0.408 e. The first-order valence-corrected chi connectivity index (χ1v) is 7.84. The fourth-order valence-corrected chi connectivity index (χ4v) is 2.52. The number of fused-ring (bicyclic) bond motifs is 1. The predicted octanol–water partition coefficient (Wildman–Crippen LogP) is 3.25. The van der Waals surface area contributed by atoms with Crippen molar-refractivity contribution in [2.45, 2.75) is 12.9 Å². The summed E-state index contributed by atoms with van der Waals surface area (Å²) in [5.74, 6) is -1.27. The third-order valence-corrected chi connectivity index (χ3v) is 3.88. The molecule has 3 aromatic rings. The molecule has 2 aromatic carbocycles. The van der Waals surface area contributed by atoms with Crippen molar-refractivity contribution in [1.82, 2.24) is 9.47 Å². The third kappa shape index (κ3) is 4.13. The van der Waals surface area contributed by atoms with Crippen molar-refractivity contribution in [2.24, 2.45) is 0 Å². The largest absolute Gasteiger partial charge is 0.573 e. The maximum atomic E-state index is 12.3. The van der Waals surface area contributed by atoms with E-state index in [1.165, 1.54) is 33.7 Å². The van der Waals surface area contributed by atoms with Crippen LogP contribution in [0.1, 0.15) is 0 Å². The number of nitrogens with zero attached hydrogens (tertiary/aromatic N) is 2. The molecule has 0 aliphatic heterocycles. The van der Waals surface area contributed by atoms with Gasteiger partial charge in [0.1, 0.15) is 12.3 Å². The van der Waals surface area contributed by atoms with Crippen LogP contribution in [-0.2, 0) is 11.3 Å². The molecular weight excluding hydrogens is 365 g/mol. The van der Waals surface area contributed by atoms with Crippen LogP contribution in [0.5, 0.6) is 5.75 Å². The van der Waals surface area contributed by atoms with Crippen molar-refractivity contribution >= 4 is 17.0 Å². The molecule has 27 heavy (non-hydrogen) atoms. The predicted molar refractivity (Wildman–Crippen MR) is 91.3 cm³/mol. The van der Waals surface area contributed by atoms with Gasteiger partial charge in [0, 0.05) is 14.1 Å². The van der Waals surface area contributed by atoms with E-state index in [4.69, 9.17) is 4.42 Å². The number of carbonyl (C=O) groups excluding carboxylic acids is 1. The molecule has 1 amide bonds. The molecule has 0 saturated heterocycles. The third-order valence-electron chi connectivity index (χ3n) is 3.88. The first-order valence-electron chi connectivity index (χ1n) is 7.84. The highest BCUT2D eigenvalue weighted by molar-refractivity contribution is 5.83. The minimum atomic E-state index is -4.76. The van der Waals surface area contributed by atoms with E-state index >= 15 is 0 Å². The Morgan fingerprint density at radius 3 is 2.33 bits per heavy atom. The van der Waals surface area contributed by atoms with E-state index in [9.17, 15) is 22.8 Å². The van der Waals surface area contributed by atoms with Gasteiger partial charge in [0.2, 0.25) is 5.91 Å². The van der Waals surface area contributed by atoms with Crippen molar-refractivity contribution in [3.05, 3.63) is 53.0 Å². The zero-order valence-corrected chi connectivity index (χ0v) is 14.4. The second-order valence-electron chi connectivity index (χ2n) is 6.00. The molecule has 0 atom stereocenters. The van der Waals surface area contributed by atoms with Crippen LogP contribution in [0.15, 0.2) is 51.7 Å². The summed E-state index contributed by atoms with van der Waals surface area (Å²) in [5, 5.41) is 0. The molecule has 6 nitrogen and oxygen atoms in total. The molecule has 0 fully saturated rings. The number of halogens is 3. The van der Waals surface area contributed by atoms with E-state index in [1.807, 2.05) is 0 Å². The zero-order valence-electron chi connectivity index (χ0n) is 14.4. The molecule has 0 saturated carbocycles. The maximum Gasteiger partial charge on any atom is 0.573 e. The molecule has 142 valence electrons. The number of ether oxygens (including phenoxy) is 1. The van der Waals surface area contributed by atoms with Crippen LogP contribution in [0, 0.1) is 0 Å². The lowest BCUT2D eigenvalue weighted by molar-refractivity contribution is -0.274. The minimum Gasteiger partial charge on any atom is -0.408 e. The molecule has 1 heterocycles. The second-order valence-corrected chi connectivity index (χ2v) is 6.00. The molecular formula is C18H15F3N2O4. The first kappa shape index (κ1) is 18.6. The fourth-order valence-electron chi connectivity index (χ4n) is 2.52. The normalized spacial score (nSPS) is 11.6. The number of oxazole rings is 1. The molecule has 0 N–H and O–H groups in total. The highest BCUT2D eigenvalue weighted by Crippen LogP contribution is 2.28. The summed E-state index contributed by atoms with van der Waals surface area (Å²) in [4.78, 5) is 25.3. The number of aromatic nitrogens is 1. The topological polar surface area (TPSA) is 64.7 Å². The van der Waals surface area contributed by atoms with Gasteiger partial charge < -0.3 is 14.1 Å². The fraction of sp³-hybridized carbons (Fsp3) is 0.222. The average molecular weight is 380 g/mol. The van der Waals surface area contributed by atoms with E-state index in [2.05, 4.69) is 4.74 Å². The molecule has 9 heteroatoms. The molecule has 3 rings (SSSR count). The maximum absolute atomic E-state index is 12.3. The van der Waals surface area contributed by atoms with Gasteiger partial charge in [-0.3, -0.25) is 9.36 Å². The van der Waals surface area contributed by atoms with E-state index in [1.54, 1.807) is 32.3 Å². The van der Waals surface area contributed by atoms with Gasteiger partial charge in [-0.25, -0.2) is 4.79 Å². The summed E-state index contributed by atoms with van der Waals surface area (Å²) >= 11 is 0. The van der Waals surface area contributed by atoms with Crippen LogP contribution in [0.3, 0.4) is 0 Å². The molecule has 0 spiro atoms. The molecule has 0 unspecified atom stereocenters. The van der Waals surface area contributed by atoms with Gasteiger partial charge in [-0.15, -0.1) is 13.2 Å². The number of likely N-dealkylation sites (N-methyl/N-ethyl adjacent to an activating group) is 1. The second kappa shape index (κ2) is 6.82. The Balaban J connectivity index is 1.96. The molecule has 0 radical (unpaired) electrons. The lowest BCUT2D eigenvalue weighted by Gasteiger charge is -2.11. The number of hydrogen-bond donors (Lipinski definition) is 0. The number of amides is 1. The highest BCUT2D eigenvalue weighted by atomic mass is 19.4. The van der Waals surface area contributed by atoms with Crippen LogP contribution in [0.4, 0.5) is 13.2 Å². The van der Waals surface area contributed by atoms with E-state index in [0.29, 0.717) is 22.2 Å². The van der Waals surface area contributed by atoms with Gasteiger partial charge in [0.25, 0.3) is 0 Å². The van der Waals surface area contributed by atoms with E-state index in [-0.39, 0.29) is 18.2 Å². The van der Waals surface area contributed by atoms with Gasteiger partial charge in [-0.05, 0) is 35.4 Å². The minimum absolute atomic E-state index is 0.180. The quantitative estimate of drug-likeness (QED) is 0.697. The summed E-state index contributed by atoms with van der Waals surface area (Å²) in [6.07, 6.45) is -4.76. The summed E-state index contributed by atoms with van der Waals surface area (Å²) in [6.45, 7) is -0.180. The highest BCUT2D eigenvalue weighted by Gasteiger charge is 2.31. The Hall–Kier alpha value is -3.23. The standard InChI is InChI=1S/C18H15F3N2O4/c1-22(2)16(24)10-23-14-9-12(5-8-15(14)26-17(23)25)11-3-6-13(7-4-11)27-18(19,20)21/h3-9H,10H2,1-2H3. The lowest BCUT2D eigenvalue weighted by atomic mass is 10.1. The number of rotatable bonds is 4. The van der Waals surface area contributed by atoms with Gasteiger partial charge in [0.05, 0.1) is 5.52 Å². The number of carbonyl (C=O) groups is 1. The average Bonchev–Trinajstić information content (AvgIpc) is 2.89. The number of alkyl halides is 3. The SMILES string of the molecule is CN(C)C(=O)Cn1c(=O)oc2ccc(-c3ccc(OC(F)(F)F)cc3)cc21. The van der Waals surface area contributed by atoms with Crippen LogP contribution in [0.2, 0.25) is 0 Å². The van der Waals surface area contributed by atoms with Crippen molar-refractivity contribution in [3.63, 3.8) is 0 Å². The van der Waals surface area contributed by atoms with Gasteiger partial charge >= 0.3 is 12.1 Å². The lowest BCUT2D eigenvalue weighted by Crippen LogP contribution is -2.29. The number of hydrogen-bond acceptors (Lipinski definition) is 4. The molecule has 0 aliphatic rings. The van der Waals surface area contributed by atoms with Crippen LogP contribution >= 0.6 is 0 Å². The summed E-state index contributed by atoms with van der Waals surface area (Å²) < 4.78 is 46.9. The first-order chi connectivity index (χ1) is 12.6. The Bertz CT molecular complexity index is 1030. The number of benzene rings is 2. The summed E-state index contributed by atoms with van der Waals surface area (Å²) in [6, 6.07) is 10.2. The molecule has 0 aliphatic carbocycles.